The standard InChI is InChI=1S/C18H17N3O3S2/c1-3-24-15(22)8-13-9-26-18(19-13)21-16(23)14-10-25-17(20-14)12-6-4-11(2)5-7-12/h4-7,9-10H,3,8H2,1-2H3,(H,19,21,23). The summed E-state index contributed by atoms with van der Waals surface area (Å²) in [5.41, 5.74) is 3.06. The number of benzene rings is 1. The lowest BCUT2D eigenvalue weighted by atomic mass is 10.2. The Labute approximate surface area is 158 Å². The summed E-state index contributed by atoms with van der Waals surface area (Å²) in [6.07, 6.45) is 0.0917. The van der Waals surface area contributed by atoms with Crippen molar-refractivity contribution in [3.05, 3.63) is 52.0 Å². The third-order valence-corrected chi connectivity index (χ3v) is 5.14. The van der Waals surface area contributed by atoms with E-state index in [4.69, 9.17) is 4.74 Å². The number of hydrogen-bond donors (Lipinski definition) is 1. The molecule has 0 saturated carbocycles. The van der Waals surface area contributed by atoms with E-state index in [1.165, 1.54) is 28.2 Å². The first-order valence-electron chi connectivity index (χ1n) is 7.99. The van der Waals surface area contributed by atoms with Gasteiger partial charge in [-0.05, 0) is 13.8 Å². The van der Waals surface area contributed by atoms with Crippen LogP contribution < -0.4 is 5.32 Å². The maximum Gasteiger partial charge on any atom is 0.311 e. The Balaban J connectivity index is 1.64. The second-order valence-electron chi connectivity index (χ2n) is 5.48. The minimum atomic E-state index is -0.335. The van der Waals surface area contributed by atoms with Crippen molar-refractivity contribution in [2.45, 2.75) is 20.3 Å². The monoisotopic (exact) mass is 387 g/mol. The Morgan fingerprint density at radius 2 is 1.88 bits per heavy atom. The molecular weight excluding hydrogens is 370 g/mol. The van der Waals surface area contributed by atoms with Crippen molar-refractivity contribution in [3.8, 4) is 10.6 Å². The lowest BCUT2D eigenvalue weighted by Crippen LogP contribution is -2.12. The van der Waals surface area contributed by atoms with Gasteiger partial charge >= 0.3 is 5.97 Å². The molecule has 1 aromatic carbocycles. The molecule has 3 aromatic rings. The Kier molecular flexibility index (Phi) is 5.75. The summed E-state index contributed by atoms with van der Waals surface area (Å²) in [6.45, 7) is 4.11. The zero-order chi connectivity index (χ0) is 18.5. The highest BCUT2D eigenvalue weighted by molar-refractivity contribution is 7.14. The van der Waals surface area contributed by atoms with E-state index in [0.717, 1.165) is 10.6 Å². The van der Waals surface area contributed by atoms with E-state index < -0.39 is 0 Å². The van der Waals surface area contributed by atoms with E-state index in [2.05, 4.69) is 15.3 Å². The van der Waals surface area contributed by atoms with Gasteiger partial charge in [-0.25, -0.2) is 9.97 Å². The summed E-state index contributed by atoms with van der Waals surface area (Å²) >= 11 is 2.68. The number of nitrogens with one attached hydrogen (secondary N) is 1. The van der Waals surface area contributed by atoms with Gasteiger partial charge in [-0.15, -0.1) is 22.7 Å². The number of amides is 1. The van der Waals surface area contributed by atoms with Crippen LogP contribution in [-0.4, -0.2) is 28.5 Å². The maximum absolute atomic E-state index is 12.4. The fourth-order valence-corrected chi connectivity index (χ4v) is 3.68. The predicted molar refractivity (Wildman–Crippen MR) is 103 cm³/mol. The van der Waals surface area contributed by atoms with E-state index in [9.17, 15) is 9.59 Å². The molecule has 134 valence electrons. The molecule has 0 atom stereocenters. The van der Waals surface area contributed by atoms with Crippen LogP contribution in [0.4, 0.5) is 5.13 Å². The van der Waals surface area contributed by atoms with E-state index in [-0.39, 0.29) is 18.3 Å². The highest BCUT2D eigenvalue weighted by Gasteiger charge is 2.15. The van der Waals surface area contributed by atoms with Gasteiger partial charge in [0.2, 0.25) is 0 Å². The lowest BCUT2D eigenvalue weighted by Gasteiger charge is -1.99. The molecule has 2 aromatic heterocycles. The van der Waals surface area contributed by atoms with Crippen LogP contribution >= 0.6 is 22.7 Å². The molecule has 8 heteroatoms. The molecule has 6 nitrogen and oxygen atoms in total. The van der Waals surface area contributed by atoms with Gasteiger partial charge < -0.3 is 4.74 Å². The van der Waals surface area contributed by atoms with Crippen LogP contribution in [0, 0.1) is 6.92 Å². The molecule has 26 heavy (non-hydrogen) atoms. The average Bonchev–Trinajstić information content (AvgIpc) is 3.25. The smallest absolute Gasteiger partial charge is 0.311 e. The summed E-state index contributed by atoms with van der Waals surface area (Å²) in [7, 11) is 0. The normalized spacial score (nSPS) is 10.5. The van der Waals surface area contributed by atoms with Crippen molar-refractivity contribution in [1.82, 2.24) is 9.97 Å². The zero-order valence-electron chi connectivity index (χ0n) is 14.3. The quantitative estimate of drug-likeness (QED) is 0.648. The Bertz CT molecular complexity index is 916. The Morgan fingerprint density at radius 1 is 1.12 bits per heavy atom. The first-order valence-corrected chi connectivity index (χ1v) is 9.75. The summed E-state index contributed by atoms with van der Waals surface area (Å²) in [6, 6.07) is 7.99. The molecule has 0 fully saturated rings. The maximum atomic E-state index is 12.4. The van der Waals surface area contributed by atoms with Crippen LogP contribution in [0.25, 0.3) is 10.6 Å². The molecule has 0 saturated heterocycles. The molecule has 3 rings (SSSR count). The summed E-state index contributed by atoms with van der Waals surface area (Å²) in [4.78, 5) is 32.5. The lowest BCUT2D eigenvalue weighted by molar-refractivity contribution is -0.142. The second kappa shape index (κ2) is 8.20. The molecule has 0 aliphatic carbocycles. The Hall–Kier alpha value is -2.58. The fourth-order valence-electron chi connectivity index (χ4n) is 2.17. The minimum absolute atomic E-state index is 0.0917. The van der Waals surface area contributed by atoms with E-state index >= 15 is 0 Å². The van der Waals surface area contributed by atoms with E-state index in [0.29, 0.717) is 23.1 Å². The van der Waals surface area contributed by atoms with Gasteiger partial charge in [0, 0.05) is 16.3 Å². The molecule has 1 N–H and O–H groups in total. The highest BCUT2D eigenvalue weighted by Crippen LogP contribution is 2.25. The molecular formula is C18H17N3O3S2. The van der Waals surface area contributed by atoms with Crippen molar-refractivity contribution < 1.29 is 14.3 Å². The van der Waals surface area contributed by atoms with Crippen LogP contribution in [0.1, 0.15) is 28.7 Å². The topological polar surface area (TPSA) is 81.2 Å². The number of hydrogen-bond acceptors (Lipinski definition) is 7. The first-order chi connectivity index (χ1) is 12.5. The van der Waals surface area contributed by atoms with E-state index in [1.807, 2.05) is 31.2 Å². The number of aryl methyl sites for hydroxylation is 1. The summed E-state index contributed by atoms with van der Waals surface area (Å²) in [5.74, 6) is -0.658. The van der Waals surface area contributed by atoms with Gasteiger partial charge in [0.05, 0.1) is 18.7 Å². The molecule has 0 radical (unpaired) electrons. The SMILES string of the molecule is CCOC(=O)Cc1csc(NC(=O)c2csc(-c3ccc(C)cc3)n2)n1. The van der Waals surface area contributed by atoms with Gasteiger partial charge in [-0.3, -0.25) is 14.9 Å². The third-order valence-electron chi connectivity index (χ3n) is 3.44. The number of rotatable bonds is 6. The Morgan fingerprint density at radius 3 is 2.62 bits per heavy atom. The molecule has 0 bridgehead atoms. The van der Waals surface area contributed by atoms with Crippen molar-refractivity contribution in [2.75, 3.05) is 11.9 Å². The average molecular weight is 387 g/mol. The number of ether oxygens (including phenoxy) is 1. The van der Waals surface area contributed by atoms with Crippen LogP contribution in [0.3, 0.4) is 0 Å². The molecule has 0 aliphatic rings. The van der Waals surface area contributed by atoms with Gasteiger partial charge in [0.1, 0.15) is 10.7 Å². The number of esters is 1. The summed E-state index contributed by atoms with van der Waals surface area (Å²) < 4.78 is 4.89. The van der Waals surface area contributed by atoms with Crippen molar-refractivity contribution in [1.29, 1.82) is 0 Å². The zero-order valence-corrected chi connectivity index (χ0v) is 15.9. The second-order valence-corrected chi connectivity index (χ2v) is 7.20. The van der Waals surface area contributed by atoms with Gasteiger partial charge in [0.25, 0.3) is 5.91 Å². The number of anilines is 1. The number of carbonyl (C=O) groups is 2. The van der Waals surface area contributed by atoms with Crippen LogP contribution in [-0.2, 0) is 16.0 Å². The molecule has 0 spiro atoms. The predicted octanol–water partition coefficient (Wildman–Crippen LogP) is 3.93. The molecule has 1 amide bonds. The van der Waals surface area contributed by atoms with Crippen LogP contribution in [0.15, 0.2) is 35.0 Å². The van der Waals surface area contributed by atoms with Gasteiger partial charge in [-0.2, -0.15) is 0 Å². The number of nitrogens with zero attached hydrogens (tertiary/aromatic N) is 2. The van der Waals surface area contributed by atoms with Crippen LogP contribution in [0.2, 0.25) is 0 Å². The number of carbonyl (C=O) groups excluding carboxylic acids is 2. The summed E-state index contributed by atoms with van der Waals surface area (Å²) in [5, 5.41) is 7.38. The molecule has 0 aliphatic heterocycles. The van der Waals surface area contributed by atoms with Crippen molar-refractivity contribution >= 4 is 39.7 Å². The number of aromatic nitrogens is 2. The van der Waals surface area contributed by atoms with Crippen molar-refractivity contribution in [2.24, 2.45) is 0 Å². The van der Waals surface area contributed by atoms with Crippen molar-refractivity contribution in [3.63, 3.8) is 0 Å². The number of thiazole rings is 2. The fraction of sp³-hybridized carbons (Fsp3) is 0.222. The first kappa shape index (κ1) is 18.2. The van der Waals surface area contributed by atoms with E-state index in [1.54, 1.807) is 17.7 Å². The van der Waals surface area contributed by atoms with Gasteiger partial charge in [-0.1, -0.05) is 29.8 Å². The van der Waals surface area contributed by atoms with Gasteiger partial charge in [0.15, 0.2) is 5.13 Å². The molecule has 0 unspecified atom stereocenters. The minimum Gasteiger partial charge on any atom is -0.466 e. The highest BCUT2D eigenvalue weighted by atomic mass is 32.1. The largest absolute Gasteiger partial charge is 0.466 e. The third kappa shape index (κ3) is 4.53. The van der Waals surface area contributed by atoms with Crippen LogP contribution in [0.5, 0.6) is 0 Å². The molecule has 2 heterocycles.